The average Bonchev–Trinajstić information content (AvgIpc) is 2.80. The summed E-state index contributed by atoms with van der Waals surface area (Å²) >= 11 is 0. The highest BCUT2D eigenvalue weighted by Crippen LogP contribution is 2.28. The predicted octanol–water partition coefficient (Wildman–Crippen LogP) is 7.14. The summed E-state index contributed by atoms with van der Waals surface area (Å²) in [7, 11) is 0. The molecule has 3 aromatic rings. The average molecular weight is 446 g/mol. The summed E-state index contributed by atoms with van der Waals surface area (Å²) < 4.78 is 20.4. The Kier molecular flexibility index (Phi) is 7.81. The number of aliphatic imine (C=N–C) groups is 1. The van der Waals surface area contributed by atoms with Crippen molar-refractivity contribution in [1.29, 1.82) is 5.26 Å². The molecule has 6 heteroatoms. The fourth-order valence-electron chi connectivity index (χ4n) is 3.05. The third-order valence-electron chi connectivity index (χ3n) is 4.96. The molecule has 0 saturated carbocycles. The zero-order valence-electron chi connectivity index (χ0n) is 19.3. The van der Waals surface area contributed by atoms with Gasteiger partial charge in [-0.1, -0.05) is 64.1 Å². The van der Waals surface area contributed by atoms with Gasteiger partial charge in [-0.2, -0.15) is 5.26 Å². The van der Waals surface area contributed by atoms with E-state index in [0.717, 1.165) is 5.56 Å². The molecule has 3 rings (SSSR count). The van der Waals surface area contributed by atoms with Gasteiger partial charge in [0.05, 0.1) is 0 Å². The van der Waals surface area contributed by atoms with Gasteiger partial charge in [-0.15, -0.1) is 0 Å². The van der Waals surface area contributed by atoms with Crippen molar-refractivity contribution in [1.82, 2.24) is 5.48 Å². The Bertz CT molecular complexity index is 1150. The van der Waals surface area contributed by atoms with Gasteiger partial charge in [0.1, 0.15) is 34.9 Å². The minimum atomic E-state index is -0.908. The van der Waals surface area contributed by atoms with E-state index in [1.807, 2.05) is 64.1 Å². The lowest BCUT2D eigenvalue weighted by atomic mass is 9.87. The van der Waals surface area contributed by atoms with Crippen molar-refractivity contribution < 1.29 is 14.0 Å². The number of nitriles is 1. The number of halogens is 1. The van der Waals surface area contributed by atoms with Gasteiger partial charge < -0.3 is 4.74 Å². The van der Waals surface area contributed by atoms with E-state index < -0.39 is 11.9 Å². The number of hydrogen-bond donors (Lipinski definition) is 1. The Labute approximate surface area is 194 Å². The van der Waals surface area contributed by atoms with Gasteiger partial charge in [0, 0.05) is 12.0 Å². The molecule has 0 aromatic heterocycles. The minimum absolute atomic E-state index is 0.156. The van der Waals surface area contributed by atoms with Crippen LogP contribution in [0.25, 0.3) is 0 Å². The Morgan fingerprint density at radius 3 is 2.39 bits per heavy atom. The summed E-state index contributed by atoms with van der Waals surface area (Å²) in [5, 5.41) is 9.63. The molecule has 1 unspecified atom stereocenters. The topological polar surface area (TPSA) is 66.6 Å². The van der Waals surface area contributed by atoms with Crippen LogP contribution in [0.15, 0.2) is 77.8 Å². The quantitative estimate of drug-likeness (QED) is 0.238. The van der Waals surface area contributed by atoms with Gasteiger partial charge >= 0.3 is 0 Å². The Hall–Kier alpha value is -3.69. The number of hydrogen-bond acceptors (Lipinski definition) is 4. The number of nitrogens with zero attached hydrogens (tertiary/aromatic N) is 2. The summed E-state index contributed by atoms with van der Waals surface area (Å²) in [5.74, 6) is 1.29. The number of nitrogens with one attached hydrogen (secondary N) is 1. The zero-order chi connectivity index (χ0) is 23.8. The molecule has 1 N–H and O–H groups in total. The molecule has 0 radical (unpaired) electrons. The van der Waals surface area contributed by atoms with E-state index in [2.05, 4.69) is 16.5 Å². The number of ether oxygens (including phenoxy) is 1. The molecule has 0 spiro atoms. The minimum Gasteiger partial charge on any atom is -0.457 e. The summed E-state index contributed by atoms with van der Waals surface area (Å²) in [6, 6.07) is 23.6. The second-order valence-corrected chi connectivity index (χ2v) is 8.54. The summed E-state index contributed by atoms with van der Waals surface area (Å²) in [6.07, 6.45) is -0.440. The second kappa shape index (κ2) is 10.8. The molecule has 33 heavy (non-hydrogen) atoms. The second-order valence-electron chi connectivity index (χ2n) is 8.54. The molecule has 0 aliphatic rings. The molecule has 0 aliphatic heterocycles. The lowest BCUT2D eigenvalue weighted by molar-refractivity contribution is 0.0419. The predicted molar refractivity (Wildman–Crippen MR) is 128 cm³/mol. The molecule has 0 amide bonds. The van der Waals surface area contributed by atoms with Crippen LogP contribution in [0.1, 0.15) is 51.3 Å². The maximum Gasteiger partial charge on any atom is 0.196 e. The van der Waals surface area contributed by atoms with E-state index >= 15 is 0 Å². The van der Waals surface area contributed by atoms with Crippen LogP contribution in [0.4, 0.5) is 10.1 Å². The van der Waals surface area contributed by atoms with Crippen LogP contribution in [0.5, 0.6) is 11.5 Å². The highest BCUT2D eigenvalue weighted by Gasteiger charge is 2.17. The molecule has 170 valence electrons. The van der Waals surface area contributed by atoms with Crippen LogP contribution in [0.3, 0.4) is 0 Å². The first kappa shape index (κ1) is 24.0. The fourth-order valence-corrected chi connectivity index (χ4v) is 3.05. The zero-order valence-corrected chi connectivity index (χ0v) is 19.3. The fraction of sp³-hybridized carbons (Fsp3) is 0.259. The number of benzene rings is 3. The molecule has 1 atom stereocenters. The third-order valence-corrected chi connectivity index (χ3v) is 4.96. The maximum absolute atomic E-state index is 14.6. The molecule has 0 saturated heterocycles. The van der Waals surface area contributed by atoms with Crippen LogP contribution in [0.2, 0.25) is 0 Å². The van der Waals surface area contributed by atoms with Gasteiger partial charge in [-0.25, -0.2) is 9.38 Å². The van der Waals surface area contributed by atoms with E-state index in [9.17, 15) is 9.65 Å². The molecule has 0 heterocycles. The molecule has 5 nitrogen and oxygen atoms in total. The normalized spacial score (nSPS) is 12.7. The first-order valence-corrected chi connectivity index (χ1v) is 10.8. The van der Waals surface area contributed by atoms with Crippen LogP contribution < -0.4 is 10.2 Å². The number of hydroxylamine groups is 1. The highest BCUT2D eigenvalue weighted by molar-refractivity contribution is 5.83. The number of para-hydroxylation sites is 1. The van der Waals surface area contributed by atoms with Crippen molar-refractivity contribution in [3.63, 3.8) is 0 Å². The van der Waals surface area contributed by atoms with E-state index in [0.29, 0.717) is 29.3 Å². The van der Waals surface area contributed by atoms with Gasteiger partial charge in [0.2, 0.25) is 0 Å². The Morgan fingerprint density at radius 2 is 1.76 bits per heavy atom. The van der Waals surface area contributed by atoms with Crippen molar-refractivity contribution in [3.05, 3.63) is 89.7 Å². The Balaban J connectivity index is 1.72. The van der Waals surface area contributed by atoms with Gasteiger partial charge in [0.15, 0.2) is 6.10 Å². The van der Waals surface area contributed by atoms with Crippen molar-refractivity contribution in [2.75, 3.05) is 0 Å². The van der Waals surface area contributed by atoms with E-state index in [1.54, 1.807) is 30.3 Å². The van der Waals surface area contributed by atoms with Crippen molar-refractivity contribution in [3.8, 4) is 17.6 Å². The van der Waals surface area contributed by atoms with E-state index in [-0.39, 0.29) is 11.1 Å². The van der Waals surface area contributed by atoms with Crippen LogP contribution >= 0.6 is 0 Å². The molecular formula is C27H28FN3O2. The van der Waals surface area contributed by atoms with Gasteiger partial charge in [0.25, 0.3) is 0 Å². The third kappa shape index (κ3) is 6.64. The SMILES string of the molecule is CCC(=Nc1ccc(C(C)(C)C)cc1F)NOC(C#N)c1cccc(Oc2ccccc2)c1. The van der Waals surface area contributed by atoms with Crippen molar-refractivity contribution in [2.24, 2.45) is 4.99 Å². The van der Waals surface area contributed by atoms with Gasteiger partial charge in [-0.05, 0) is 47.4 Å². The Morgan fingerprint density at radius 1 is 1.03 bits per heavy atom. The molecule has 3 aromatic carbocycles. The standard InChI is InChI=1S/C27H28FN3O2/c1-5-26(30-24-15-14-20(17-23(24)28)27(2,3)4)31-33-25(18-29)19-10-9-13-22(16-19)32-21-11-7-6-8-12-21/h6-17,25H,5H2,1-4H3,(H,30,31). The summed E-state index contributed by atoms with van der Waals surface area (Å²) in [6.45, 7) is 7.95. The van der Waals surface area contributed by atoms with Crippen molar-refractivity contribution in [2.45, 2.75) is 45.6 Å². The lowest BCUT2D eigenvalue weighted by Crippen LogP contribution is -2.25. The van der Waals surface area contributed by atoms with Crippen LogP contribution in [-0.2, 0) is 10.3 Å². The first-order valence-electron chi connectivity index (χ1n) is 10.8. The highest BCUT2D eigenvalue weighted by atomic mass is 19.1. The van der Waals surface area contributed by atoms with Gasteiger partial charge in [-0.3, -0.25) is 10.3 Å². The largest absolute Gasteiger partial charge is 0.457 e. The summed E-state index contributed by atoms with van der Waals surface area (Å²) in [5.41, 5.74) is 4.30. The van der Waals surface area contributed by atoms with Crippen LogP contribution in [-0.4, -0.2) is 5.84 Å². The first-order chi connectivity index (χ1) is 15.8. The van der Waals surface area contributed by atoms with E-state index in [1.165, 1.54) is 6.07 Å². The lowest BCUT2D eigenvalue weighted by Gasteiger charge is -2.19. The molecule has 0 bridgehead atoms. The molecular weight excluding hydrogens is 417 g/mol. The maximum atomic E-state index is 14.6. The number of amidine groups is 1. The number of rotatable bonds is 7. The smallest absolute Gasteiger partial charge is 0.196 e. The monoisotopic (exact) mass is 445 g/mol. The van der Waals surface area contributed by atoms with Crippen LogP contribution in [0, 0.1) is 17.1 Å². The van der Waals surface area contributed by atoms with Crippen molar-refractivity contribution >= 4 is 11.5 Å². The molecule has 0 fully saturated rings. The van der Waals surface area contributed by atoms with E-state index in [4.69, 9.17) is 9.57 Å². The summed E-state index contributed by atoms with van der Waals surface area (Å²) in [4.78, 5) is 9.95. The molecule has 0 aliphatic carbocycles.